The summed E-state index contributed by atoms with van der Waals surface area (Å²) in [6, 6.07) is 6.01. The Labute approximate surface area is 122 Å². The summed E-state index contributed by atoms with van der Waals surface area (Å²) < 4.78 is 0. The van der Waals surface area contributed by atoms with E-state index < -0.39 is 0 Å². The Morgan fingerprint density at radius 1 is 1.37 bits per heavy atom. The largest absolute Gasteiger partial charge is 0.348 e. The van der Waals surface area contributed by atoms with Crippen LogP contribution < -0.4 is 11.1 Å². The van der Waals surface area contributed by atoms with Crippen LogP contribution in [0.4, 0.5) is 0 Å². The molecule has 3 nitrogen and oxygen atoms in total. The van der Waals surface area contributed by atoms with Crippen LogP contribution in [0, 0.1) is 13.8 Å². The summed E-state index contributed by atoms with van der Waals surface area (Å²) >= 11 is 0. The lowest BCUT2D eigenvalue weighted by Crippen LogP contribution is -2.40. The van der Waals surface area contributed by atoms with Gasteiger partial charge in [-0.15, -0.1) is 12.4 Å². The van der Waals surface area contributed by atoms with Gasteiger partial charge in [-0.2, -0.15) is 0 Å². The van der Waals surface area contributed by atoms with Crippen LogP contribution in [0.25, 0.3) is 0 Å². The topological polar surface area (TPSA) is 55.1 Å². The van der Waals surface area contributed by atoms with Crippen LogP contribution >= 0.6 is 12.4 Å². The van der Waals surface area contributed by atoms with Crippen molar-refractivity contribution in [2.45, 2.75) is 46.1 Å². The molecule has 19 heavy (non-hydrogen) atoms. The lowest BCUT2D eigenvalue weighted by atomic mass is 10.0. The van der Waals surface area contributed by atoms with E-state index in [1.165, 1.54) is 0 Å². The van der Waals surface area contributed by atoms with Gasteiger partial charge in [-0.3, -0.25) is 4.79 Å². The average Bonchev–Trinajstić information content (AvgIpc) is 2.37. The van der Waals surface area contributed by atoms with Gasteiger partial charge in [0, 0.05) is 18.2 Å². The molecule has 0 saturated carbocycles. The van der Waals surface area contributed by atoms with E-state index in [1.807, 2.05) is 32.0 Å². The summed E-state index contributed by atoms with van der Waals surface area (Å²) in [6.45, 7) is 6.59. The van der Waals surface area contributed by atoms with Gasteiger partial charge < -0.3 is 11.1 Å². The van der Waals surface area contributed by atoms with E-state index in [2.05, 4.69) is 12.2 Å². The Balaban J connectivity index is 0.00000324. The van der Waals surface area contributed by atoms with Gasteiger partial charge in [0.25, 0.3) is 5.91 Å². The second-order valence-corrected chi connectivity index (χ2v) is 4.87. The van der Waals surface area contributed by atoms with Crippen LogP contribution in [0.2, 0.25) is 0 Å². The molecule has 0 spiro atoms. The third-order valence-corrected chi connectivity index (χ3v) is 3.16. The van der Waals surface area contributed by atoms with Crippen molar-refractivity contribution in [3.8, 4) is 0 Å². The minimum atomic E-state index is -0.0113. The number of hydrogen-bond donors (Lipinski definition) is 2. The van der Waals surface area contributed by atoms with E-state index in [0.29, 0.717) is 6.54 Å². The lowest BCUT2D eigenvalue weighted by Gasteiger charge is -2.17. The molecule has 0 aliphatic heterocycles. The number of halogens is 1. The third kappa shape index (κ3) is 5.62. The Morgan fingerprint density at radius 2 is 2.05 bits per heavy atom. The van der Waals surface area contributed by atoms with E-state index in [1.54, 1.807) is 0 Å². The van der Waals surface area contributed by atoms with Gasteiger partial charge in [-0.1, -0.05) is 37.5 Å². The van der Waals surface area contributed by atoms with E-state index in [4.69, 9.17) is 5.73 Å². The number of hydrogen-bond acceptors (Lipinski definition) is 2. The molecule has 108 valence electrons. The maximum absolute atomic E-state index is 12.2. The molecule has 0 fully saturated rings. The molecule has 0 heterocycles. The third-order valence-electron chi connectivity index (χ3n) is 3.16. The van der Waals surface area contributed by atoms with Crippen molar-refractivity contribution in [2.24, 2.45) is 5.73 Å². The summed E-state index contributed by atoms with van der Waals surface area (Å²) in [5.74, 6) is -0.0113. The van der Waals surface area contributed by atoms with E-state index in [0.717, 1.165) is 36.0 Å². The Morgan fingerprint density at radius 3 is 2.63 bits per heavy atom. The first-order chi connectivity index (χ1) is 8.58. The van der Waals surface area contributed by atoms with Crippen LogP contribution in [0.15, 0.2) is 18.2 Å². The molecule has 1 unspecified atom stereocenters. The van der Waals surface area contributed by atoms with Gasteiger partial charge in [-0.05, 0) is 31.9 Å². The average molecular weight is 285 g/mol. The molecule has 0 saturated heterocycles. The lowest BCUT2D eigenvalue weighted by molar-refractivity contribution is 0.0935. The van der Waals surface area contributed by atoms with Crippen molar-refractivity contribution in [1.29, 1.82) is 0 Å². The fraction of sp³-hybridized carbons (Fsp3) is 0.533. The zero-order valence-corrected chi connectivity index (χ0v) is 12.8. The Bertz CT molecular complexity index is 407. The maximum atomic E-state index is 12.2. The van der Waals surface area contributed by atoms with Crippen LogP contribution in [-0.4, -0.2) is 18.5 Å². The van der Waals surface area contributed by atoms with Gasteiger partial charge in [0.2, 0.25) is 0 Å². The zero-order valence-electron chi connectivity index (χ0n) is 12.0. The fourth-order valence-electron chi connectivity index (χ4n) is 1.94. The molecule has 1 atom stereocenters. The second-order valence-electron chi connectivity index (χ2n) is 4.87. The number of benzene rings is 1. The highest BCUT2D eigenvalue weighted by atomic mass is 35.5. The first-order valence-corrected chi connectivity index (χ1v) is 6.66. The molecule has 3 N–H and O–H groups in total. The number of nitrogens with one attached hydrogen (secondary N) is 1. The van der Waals surface area contributed by atoms with E-state index in [-0.39, 0.29) is 24.4 Å². The van der Waals surface area contributed by atoms with E-state index in [9.17, 15) is 4.79 Å². The summed E-state index contributed by atoms with van der Waals surface area (Å²) in [6.07, 6.45) is 3.16. The highest BCUT2D eigenvalue weighted by molar-refractivity contribution is 5.96. The monoisotopic (exact) mass is 284 g/mol. The van der Waals surface area contributed by atoms with Crippen LogP contribution in [0.1, 0.15) is 47.7 Å². The highest BCUT2D eigenvalue weighted by Crippen LogP contribution is 2.11. The Hall–Kier alpha value is -1.06. The molecule has 1 amide bonds. The molecule has 1 aromatic rings. The SMILES string of the molecule is CCCCC(CN)NC(=O)c1cc(C)ccc1C.Cl. The predicted octanol–water partition coefficient (Wildman–Crippen LogP) is 2.97. The zero-order chi connectivity index (χ0) is 13.5. The second kappa shape index (κ2) is 8.94. The molecular weight excluding hydrogens is 260 g/mol. The van der Waals surface area contributed by atoms with Crippen molar-refractivity contribution >= 4 is 18.3 Å². The van der Waals surface area contributed by atoms with Crippen molar-refractivity contribution in [3.05, 3.63) is 34.9 Å². The molecule has 4 heteroatoms. The van der Waals surface area contributed by atoms with Crippen LogP contribution in [0.5, 0.6) is 0 Å². The number of rotatable bonds is 6. The maximum Gasteiger partial charge on any atom is 0.251 e. The standard InChI is InChI=1S/C15H24N2O.ClH/c1-4-5-6-13(10-16)17-15(18)14-9-11(2)7-8-12(14)3;/h7-9,13H,4-6,10,16H2,1-3H3,(H,17,18);1H. The van der Waals surface area contributed by atoms with E-state index >= 15 is 0 Å². The number of carbonyl (C=O) groups is 1. The van der Waals surface area contributed by atoms with Gasteiger partial charge in [-0.25, -0.2) is 0 Å². The molecular formula is C15H25ClN2O. The number of aryl methyl sites for hydroxylation is 2. The smallest absolute Gasteiger partial charge is 0.251 e. The first-order valence-electron chi connectivity index (χ1n) is 6.66. The number of unbranched alkanes of at least 4 members (excludes halogenated alkanes) is 1. The van der Waals surface area contributed by atoms with Crippen molar-refractivity contribution in [3.63, 3.8) is 0 Å². The minimum absolute atomic E-state index is 0. The van der Waals surface area contributed by atoms with Gasteiger partial charge >= 0.3 is 0 Å². The predicted molar refractivity (Wildman–Crippen MR) is 83.0 cm³/mol. The van der Waals surface area contributed by atoms with Crippen molar-refractivity contribution in [1.82, 2.24) is 5.32 Å². The van der Waals surface area contributed by atoms with Gasteiger partial charge in [0.05, 0.1) is 0 Å². The number of carbonyl (C=O) groups excluding carboxylic acids is 1. The molecule has 0 radical (unpaired) electrons. The normalized spacial score (nSPS) is 11.6. The van der Waals surface area contributed by atoms with Crippen molar-refractivity contribution in [2.75, 3.05) is 6.54 Å². The first kappa shape index (κ1) is 17.9. The van der Waals surface area contributed by atoms with Gasteiger partial charge in [0.1, 0.15) is 0 Å². The molecule has 1 aromatic carbocycles. The number of amides is 1. The number of nitrogens with two attached hydrogens (primary N) is 1. The molecule has 0 bridgehead atoms. The summed E-state index contributed by atoms with van der Waals surface area (Å²) in [4.78, 5) is 12.2. The Kier molecular flexibility index (Phi) is 8.44. The fourth-order valence-corrected chi connectivity index (χ4v) is 1.94. The molecule has 0 aliphatic rings. The highest BCUT2D eigenvalue weighted by Gasteiger charge is 2.13. The molecule has 1 rings (SSSR count). The summed E-state index contributed by atoms with van der Waals surface area (Å²) in [5, 5.41) is 3.02. The quantitative estimate of drug-likeness (QED) is 0.844. The molecule has 0 aliphatic carbocycles. The van der Waals surface area contributed by atoms with Crippen LogP contribution in [-0.2, 0) is 0 Å². The summed E-state index contributed by atoms with van der Waals surface area (Å²) in [7, 11) is 0. The summed E-state index contributed by atoms with van der Waals surface area (Å²) in [5.41, 5.74) is 8.55. The molecule has 0 aromatic heterocycles. The van der Waals surface area contributed by atoms with Crippen LogP contribution in [0.3, 0.4) is 0 Å². The van der Waals surface area contributed by atoms with Crippen molar-refractivity contribution < 1.29 is 4.79 Å². The van der Waals surface area contributed by atoms with Gasteiger partial charge in [0.15, 0.2) is 0 Å². The minimum Gasteiger partial charge on any atom is -0.348 e.